The summed E-state index contributed by atoms with van der Waals surface area (Å²) in [6.45, 7) is 0.712. The lowest BCUT2D eigenvalue weighted by Gasteiger charge is -2.35. The highest BCUT2D eigenvalue weighted by Gasteiger charge is 2.35. The number of pyridine rings is 1. The summed E-state index contributed by atoms with van der Waals surface area (Å²) in [5.41, 5.74) is 8.36. The van der Waals surface area contributed by atoms with Gasteiger partial charge in [-0.1, -0.05) is 19.3 Å². The smallest absolute Gasteiger partial charge is 0.152 e. The molecule has 3 heteroatoms. The third-order valence-electron chi connectivity index (χ3n) is 4.15. The lowest BCUT2D eigenvalue weighted by molar-refractivity contribution is 0.300. The van der Waals surface area contributed by atoms with Crippen molar-refractivity contribution in [3.8, 4) is 0 Å². The van der Waals surface area contributed by atoms with E-state index in [1.54, 1.807) is 6.20 Å². The Morgan fingerprint density at radius 2 is 2.12 bits per heavy atom. The molecule has 0 spiro atoms. The van der Waals surface area contributed by atoms with Crippen molar-refractivity contribution in [2.24, 2.45) is 5.73 Å². The number of nitrogens with two attached hydrogens (primary N) is 1. The van der Waals surface area contributed by atoms with Crippen molar-refractivity contribution in [1.29, 1.82) is 0 Å². The number of rotatable bonds is 2. The van der Waals surface area contributed by atoms with Gasteiger partial charge in [0.05, 0.1) is 12.5 Å². The Hall–Kier alpha value is -1.35. The van der Waals surface area contributed by atoms with Crippen molar-refractivity contribution in [1.82, 2.24) is 4.98 Å². The minimum atomic E-state index is 0.130. The lowest BCUT2D eigenvalue weighted by atomic mass is 9.69. The highest BCUT2D eigenvalue weighted by atomic mass is 16.3. The van der Waals surface area contributed by atoms with E-state index in [1.165, 1.54) is 43.1 Å². The van der Waals surface area contributed by atoms with Crippen LogP contribution in [0.2, 0.25) is 0 Å². The van der Waals surface area contributed by atoms with Gasteiger partial charge in [0.15, 0.2) is 5.58 Å². The Kier molecular flexibility index (Phi) is 2.63. The average molecular weight is 230 g/mol. The van der Waals surface area contributed by atoms with Crippen LogP contribution in [0.3, 0.4) is 0 Å². The van der Waals surface area contributed by atoms with Crippen molar-refractivity contribution in [3.63, 3.8) is 0 Å². The van der Waals surface area contributed by atoms with E-state index in [0.29, 0.717) is 6.54 Å². The fraction of sp³-hybridized carbons (Fsp3) is 0.500. The molecule has 2 N–H and O–H groups in total. The first-order valence-electron chi connectivity index (χ1n) is 6.37. The largest absolute Gasteiger partial charge is 0.462 e. The summed E-state index contributed by atoms with van der Waals surface area (Å²) in [5, 5.41) is 1.19. The van der Waals surface area contributed by atoms with Crippen LogP contribution in [0.1, 0.15) is 37.7 Å². The molecular formula is C14H18N2O. The van der Waals surface area contributed by atoms with E-state index in [0.717, 1.165) is 5.58 Å². The first-order chi connectivity index (χ1) is 8.36. The highest BCUT2D eigenvalue weighted by Crippen LogP contribution is 2.42. The van der Waals surface area contributed by atoms with E-state index in [4.69, 9.17) is 10.2 Å². The second-order valence-corrected chi connectivity index (χ2v) is 5.07. The topological polar surface area (TPSA) is 52.0 Å². The van der Waals surface area contributed by atoms with Crippen LogP contribution in [-0.2, 0) is 5.41 Å². The van der Waals surface area contributed by atoms with E-state index in [-0.39, 0.29) is 5.41 Å². The van der Waals surface area contributed by atoms with E-state index in [9.17, 15) is 0 Å². The van der Waals surface area contributed by atoms with E-state index < -0.39 is 0 Å². The van der Waals surface area contributed by atoms with Gasteiger partial charge in [0.2, 0.25) is 0 Å². The Bertz CT molecular complexity index is 512. The molecule has 0 atom stereocenters. The number of furan rings is 1. The van der Waals surface area contributed by atoms with Crippen LogP contribution in [-0.4, -0.2) is 11.5 Å². The fourth-order valence-electron chi connectivity index (χ4n) is 3.10. The zero-order chi connectivity index (χ0) is 11.7. The third-order valence-corrected chi connectivity index (χ3v) is 4.15. The number of nitrogens with zero attached hydrogens (tertiary/aromatic N) is 1. The molecule has 0 aromatic carbocycles. The zero-order valence-electron chi connectivity index (χ0n) is 9.98. The van der Waals surface area contributed by atoms with E-state index in [2.05, 4.69) is 4.98 Å². The average Bonchev–Trinajstić information content (AvgIpc) is 2.84. The van der Waals surface area contributed by atoms with Crippen LogP contribution >= 0.6 is 0 Å². The maximum Gasteiger partial charge on any atom is 0.152 e. The normalized spacial score (nSPS) is 19.6. The first-order valence-corrected chi connectivity index (χ1v) is 6.37. The highest BCUT2D eigenvalue weighted by molar-refractivity contribution is 5.81. The summed E-state index contributed by atoms with van der Waals surface area (Å²) < 4.78 is 5.61. The minimum absolute atomic E-state index is 0.130. The molecule has 2 aromatic rings. The molecule has 3 rings (SSSR count). The van der Waals surface area contributed by atoms with Crippen molar-refractivity contribution in [3.05, 3.63) is 30.3 Å². The van der Waals surface area contributed by atoms with Gasteiger partial charge in [-0.3, -0.25) is 4.98 Å². The summed E-state index contributed by atoms with van der Waals surface area (Å²) in [6, 6.07) is 2.04. The molecule has 1 saturated carbocycles. The van der Waals surface area contributed by atoms with Crippen LogP contribution in [0.15, 0.2) is 29.1 Å². The van der Waals surface area contributed by atoms with Crippen molar-refractivity contribution in [2.45, 2.75) is 37.5 Å². The lowest BCUT2D eigenvalue weighted by Crippen LogP contribution is -2.36. The molecule has 0 radical (unpaired) electrons. The van der Waals surface area contributed by atoms with Gasteiger partial charge < -0.3 is 10.2 Å². The molecule has 17 heavy (non-hydrogen) atoms. The maximum absolute atomic E-state index is 6.06. The van der Waals surface area contributed by atoms with E-state index >= 15 is 0 Å². The Balaban J connectivity index is 2.12. The SMILES string of the molecule is NCC1(c2coc3cnccc23)CCCCC1. The summed E-state index contributed by atoms with van der Waals surface area (Å²) in [6.07, 6.45) is 11.7. The molecule has 1 aliphatic rings. The predicted octanol–water partition coefficient (Wildman–Crippen LogP) is 2.99. The molecule has 1 fully saturated rings. The Morgan fingerprint density at radius 1 is 1.29 bits per heavy atom. The molecule has 0 saturated heterocycles. The molecule has 0 aliphatic heterocycles. The van der Waals surface area contributed by atoms with Crippen LogP contribution in [0.5, 0.6) is 0 Å². The molecule has 3 nitrogen and oxygen atoms in total. The summed E-state index contributed by atoms with van der Waals surface area (Å²) in [4.78, 5) is 4.09. The number of hydrogen-bond donors (Lipinski definition) is 1. The van der Waals surface area contributed by atoms with Crippen LogP contribution in [0.4, 0.5) is 0 Å². The van der Waals surface area contributed by atoms with Gasteiger partial charge in [-0.05, 0) is 18.9 Å². The fourth-order valence-corrected chi connectivity index (χ4v) is 3.10. The van der Waals surface area contributed by atoms with Gasteiger partial charge >= 0.3 is 0 Å². The minimum Gasteiger partial charge on any atom is -0.462 e. The predicted molar refractivity (Wildman–Crippen MR) is 67.8 cm³/mol. The van der Waals surface area contributed by atoms with Gasteiger partial charge in [0.25, 0.3) is 0 Å². The molecule has 90 valence electrons. The molecule has 2 aromatic heterocycles. The number of fused-ring (bicyclic) bond motifs is 1. The molecule has 0 bridgehead atoms. The van der Waals surface area contributed by atoms with Gasteiger partial charge in [0, 0.05) is 29.1 Å². The van der Waals surface area contributed by atoms with Gasteiger partial charge in [0.1, 0.15) is 0 Å². The monoisotopic (exact) mass is 230 g/mol. The van der Waals surface area contributed by atoms with Crippen LogP contribution < -0.4 is 5.73 Å². The van der Waals surface area contributed by atoms with Crippen molar-refractivity contribution < 1.29 is 4.42 Å². The number of hydrogen-bond acceptors (Lipinski definition) is 3. The Morgan fingerprint density at radius 3 is 2.88 bits per heavy atom. The quantitative estimate of drug-likeness (QED) is 0.862. The summed E-state index contributed by atoms with van der Waals surface area (Å²) in [5.74, 6) is 0. The number of aromatic nitrogens is 1. The van der Waals surface area contributed by atoms with Gasteiger partial charge in [-0.2, -0.15) is 0 Å². The molecule has 1 aliphatic carbocycles. The molecular weight excluding hydrogens is 212 g/mol. The van der Waals surface area contributed by atoms with E-state index in [1.807, 2.05) is 18.5 Å². The van der Waals surface area contributed by atoms with Gasteiger partial charge in [-0.25, -0.2) is 0 Å². The first kappa shape index (κ1) is 10.8. The summed E-state index contributed by atoms with van der Waals surface area (Å²) in [7, 11) is 0. The van der Waals surface area contributed by atoms with Crippen molar-refractivity contribution in [2.75, 3.05) is 6.54 Å². The molecule has 0 unspecified atom stereocenters. The van der Waals surface area contributed by atoms with Crippen molar-refractivity contribution >= 4 is 11.0 Å². The Labute approximate surface area is 101 Å². The maximum atomic E-state index is 6.06. The molecule has 0 amide bonds. The van der Waals surface area contributed by atoms with Gasteiger partial charge in [-0.15, -0.1) is 0 Å². The second kappa shape index (κ2) is 4.15. The molecule has 2 heterocycles. The third kappa shape index (κ3) is 1.65. The standard InChI is InChI=1S/C14H18N2O/c15-10-14(5-2-1-3-6-14)12-9-17-13-8-16-7-4-11(12)13/h4,7-9H,1-3,5-6,10,15H2. The summed E-state index contributed by atoms with van der Waals surface area (Å²) >= 11 is 0. The van der Waals surface area contributed by atoms with Crippen LogP contribution in [0.25, 0.3) is 11.0 Å². The zero-order valence-corrected chi connectivity index (χ0v) is 9.98. The second-order valence-electron chi connectivity index (χ2n) is 5.07. The van der Waals surface area contributed by atoms with Crippen LogP contribution in [0, 0.1) is 0 Å².